The highest BCUT2D eigenvalue weighted by Gasteiger charge is 2.45. The van der Waals surface area contributed by atoms with Crippen LogP contribution in [-0.4, -0.2) is 97.0 Å². The second-order valence-corrected chi connectivity index (χ2v) is 14.0. The number of carbonyl (C=O) groups excluding carboxylic acids is 6. The summed E-state index contributed by atoms with van der Waals surface area (Å²) < 4.78 is 36.7. The second-order valence-electron chi connectivity index (χ2n) is 12.3. The van der Waals surface area contributed by atoms with Crippen LogP contribution in [0.2, 0.25) is 0 Å². The third-order valence-electron chi connectivity index (χ3n) is 7.37. The number of hydrogen-bond donors (Lipinski definition) is 2. The van der Waals surface area contributed by atoms with Crippen molar-refractivity contribution in [2.75, 3.05) is 19.4 Å². The summed E-state index contributed by atoms with van der Waals surface area (Å²) in [5.74, 6) is -4.52. The summed E-state index contributed by atoms with van der Waals surface area (Å²) in [4.78, 5) is 79.2. The van der Waals surface area contributed by atoms with Gasteiger partial charge in [0.25, 0.3) is 5.91 Å². The van der Waals surface area contributed by atoms with Gasteiger partial charge in [0, 0.05) is 13.0 Å². The largest absolute Gasteiger partial charge is 0.460 e. The fourth-order valence-electron chi connectivity index (χ4n) is 5.42. The van der Waals surface area contributed by atoms with E-state index in [-0.39, 0.29) is 31.4 Å². The van der Waals surface area contributed by atoms with E-state index in [2.05, 4.69) is 10.0 Å². The molecule has 2 fully saturated rings. The van der Waals surface area contributed by atoms with Crippen LogP contribution in [-0.2, 0) is 43.5 Å². The van der Waals surface area contributed by atoms with Crippen LogP contribution in [0.1, 0.15) is 63.2 Å². The van der Waals surface area contributed by atoms with Gasteiger partial charge in [-0.2, -0.15) is 0 Å². The summed E-state index contributed by atoms with van der Waals surface area (Å²) in [6.07, 6.45) is 0.474. The van der Waals surface area contributed by atoms with Crippen LogP contribution < -0.4 is 10.0 Å². The molecule has 0 unspecified atom stereocenters. The van der Waals surface area contributed by atoms with Gasteiger partial charge in [-0.25, -0.2) is 22.9 Å². The smallest absolute Gasteiger partial charge is 0.339 e. The number of amides is 3. The number of nitrogens with zero attached hydrogens (tertiary/aromatic N) is 2. The van der Waals surface area contributed by atoms with Gasteiger partial charge in [0.2, 0.25) is 21.8 Å². The summed E-state index contributed by atoms with van der Waals surface area (Å²) in [6.45, 7) is 4.24. The lowest BCUT2D eigenvalue weighted by Gasteiger charge is -2.43. The van der Waals surface area contributed by atoms with Crippen LogP contribution >= 0.6 is 0 Å². The van der Waals surface area contributed by atoms with Gasteiger partial charge in [-0.3, -0.25) is 29.0 Å². The highest BCUT2D eigenvalue weighted by Crippen LogP contribution is 2.26. The molecule has 248 valence electrons. The molecule has 0 aliphatic carbocycles. The first kappa shape index (κ1) is 34.5. The molecule has 3 amide bonds. The van der Waals surface area contributed by atoms with Gasteiger partial charge in [0.15, 0.2) is 12.4 Å². The van der Waals surface area contributed by atoms with Gasteiger partial charge in [-0.15, -0.1) is 0 Å². The van der Waals surface area contributed by atoms with Crippen molar-refractivity contribution < 1.29 is 46.7 Å². The molecular formula is C31H38N4O10S. The van der Waals surface area contributed by atoms with E-state index >= 15 is 0 Å². The zero-order chi connectivity index (χ0) is 33.8. The number of nitrogens with one attached hydrogen (secondary N) is 2. The maximum absolute atomic E-state index is 13.7. The predicted molar refractivity (Wildman–Crippen MR) is 164 cm³/mol. The molecule has 2 aliphatic rings. The van der Waals surface area contributed by atoms with E-state index in [9.17, 15) is 37.2 Å². The number of fused-ring (bicyclic) bond motifs is 2. The molecule has 0 bridgehead atoms. The minimum Gasteiger partial charge on any atom is -0.460 e. The lowest BCUT2D eigenvalue weighted by molar-refractivity contribution is -0.176. The topological polar surface area (TPSA) is 186 Å². The zero-order valence-corrected chi connectivity index (χ0v) is 26.9. The van der Waals surface area contributed by atoms with Gasteiger partial charge in [0.1, 0.15) is 23.7 Å². The molecule has 2 aromatic rings. The molecule has 46 heavy (non-hydrogen) atoms. The normalized spacial score (nSPS) is 19.6. The third-order valence-corrected chi connectivity index (χ3v) is 8.08. The first-order valence-electron chi connectivity index (χ1n) is 14.8. The second kappa shape index (κ2) is 14.0. The standard InChI is InChI=1S/C31H38N4O10S/c1-31(2,3)45-27(38)17-23(25(36)18-44-30(41)21-12-7-10-19-9-5-6-11-20(19)21)32-28(39)24-13-8-16-34-26(37)15-14-22(29(40)35(24)34)33-46(4,42)43/h5-7,9-12,22-24,33H,8,13-18H2,1-4H3,(H,32,39)/t22-,23-,24-/m0/s1. The van der Waals surface area contributed by atoms with Gasteiger partial charge in [0.05, 0.1) is 18.2 Å². The van der Waals surface area contributed by atoms with Crippen LogP contribution in [0.5, 0.6) is 0 Å². The van der Waals surface area contributed by atoms with Crippen LogP contribution in [0.4, 0.5) is 0 Å². The molecular weight excluding hydrogens is 620 g/mol. The van der Waals surface area contributed by atoms with E-state index in [1.165, 1.54) is 0 Å². The number of Topliss-reactive ketones (excluding diaryl/α,β-unsaturated/α-hetero) is 1. The molecule has 14 nitrogen and oxygen atoms in total. The van der Waals surface area contributed by atoms with Crippen LogP contribution in [0.15, 0.2) is 42.5 Å². The summed E-state index contributed by atoms with van der Waals surface area (Å²) in [5.41, 5.74) is -0.678. The molecule has 15 heteroatoms. The number of ether oxygens (including phenoxy) is 2. The number of carbonyl (C=O) groups is 6. The van der Waals surface area contributed by atoms with Crippen LogP contribution in [0.25, 0.3) is 10.8 Å². The van der Waals surface area contributed by atoms with Crippen molar-refractivity contribution in [1.29, 1.82) is 0 Å². The molecule has 2 aliphatic heterocycles. The summed E-state index contributed by atoms with van der Waals surface area (Å²) in [5, 5.41) is 5.96. The Morgan fingerprint density at radius 2 is 1.72 bits per heavy atom. The molecule has 0 radical (unpaired) electrons. The van der Waals surface area contributed by atoms with E-state index in [1.54, 1.807) is 45.0 Å². The molecule has 2 heterocycles. The lowest BCUT2D eigenvalue weighted by atomic mass is 10.0. The first-order valence-corrected chi connectivity index (χ1v) is 16.7. The molecule has 0 saturated carbocycles. The average molecular weight is 659 g/mol. The Bertz CT molecular complexity index is 1650. The highest BCUT2D eigenvalue weighted by molar-refractivity contribution is 7.88. The van der Waals surface area contributed by atoms with Crippen LogP contribution in [0, 0.1) is 0 Å². The monoisotopic (exact) mass is 658 g/mol. The Morgan fingerprint density at radius 3 is 2.41 bits per heavy atom. The van der Waals surface area contributed by atoms with E-state index < -0.39 is 82.2 Å². The molecule has 4 rings (SSSR count). The van der Waals surface area contributed by atoms with Gasteiger partial charge >= 0.3 is 11.9 Å². The number of benzene rings is 2. The molecule has 0 spiro atoms. The fourth-order valence-corrected chi connectivity index (χ4v) is 6.16. The SMILES string of the molecule is CC(C)(C)OC(=O)C[C@H](NC(=O)[C@@H]1CCCN2C(=O)CC[C@H](NS(C)(=O)=O)C(=O)N12)C(=O)COC(=O)c1cccc2ccccc12. The van der Waals surface area contributed by atoms with E-state index in [4.69, 9.17) is 9.47 Å². The number of ketones is 1. The number of esters is 2. The predicted octanol–water partition coefficient (Wildman–Crippen LogP) is 1.23. The summed E-state index contributed by atoms with van der Waals surface area (Å²) in [6, 6.07) is 8.07. The lowest BCUT2D eigenvalue weighted by Crippen LogP contribution is -2.64. The van der Waals surface area contributed by atoms with Crippen molar-refractivity contribution in [3.63, 3.8) is 0 Å². The van der Waals surface area contributed by atoms with E-state index in [0.29, 0.717) is 11.8 Å². The van der Waals surface area contributed by atoms with Gasteiger partial charge in [-0.05, 0) is 56.9 Å². The summed E-state index contributed by atoms with van der Waals surface area (Å²) >= 11 is 0. The molecule has 2 N–H and O–H groups in total. The quantitative estimate of drug-likeness (QED) is 0.352. The summed E-state index contributed by atoms with van der Waals surface area (Å²) in [7, 11) is -3.84. The van der Waals surface area contributed by atoms with Crippen molar-refractivity contribution in [3.8, 4) is 0 Å². The van der Waals surface area contributed by atoms with Crippen LogP contribution in [0.3, 0.4) is 0 Å². The molecule has 0 aromatic heterocycles. The number of hydrazine groups is 1. The number of hydrogen-bond acceptors (Lipinski definition) is 10. The van der Waals surface area contributed by atoms with Crippen molar-refractivity contribution in [3.05, 3.63) is 48.0 Å². The highest BCUT2D eigenvalue weighted by atomic mass is 32.2. The maximum Gasteiger partial charge on any atom is 0.339 e. The Morgan fingerprint density at radius 1 is 1.02 bits per heavy atom. The molecule has 2 saturated heterocycles. The van der Waals surface area contributed by atoms with Crippen molar-refractivity contribution in [2.45, 2.75) is 76.6 Å². The van der Waals surface area contributed by atoms with Crippen molar-refractivity contribution >= 4 is 56.2 Å². The average Bonchev–Trinajstić information content (AvgIpc) is 3.09. The zero-order valence-electron chi connectivity index (χ0n) is 26.1. The first-order chi connectivity index (χ1) is 21.5. The Kier molecular flexibility index (Phi) is 10.5. The van der Waals surface area contributed by atoms with E-state index in [1.807, 2.05) is 18.2 Å². The van der Waals surface area contributed by atoms with Gasteiger partial charge < -0.3 is 14.8 Å². The minimum atomic E-state index is -3.84. The Hall–Kier alpha value is -4.37. The Balaban J connectivity index is 1.54. The van der Waals surface area contributed by atoms with Gasteiger partial charge in [-0.1, -0.05) is 36.4 Å². The Labute approximate surface area is 266 Å². The molecule has 2 aromatic carbocycles. The minimum absolute atomic E-state index is 0.0936. The van der Waals surface area contributed by atoms with E-state index in [0.717, 1.165) is 21.7 Å². The maximum atomic E-state index is 13.7. The number of sulfonamides is 1. The molecule has 3 atom stereocenters. The van der Waals surface area contributed by atoms with Crippen molar-refractivity contribution in [1.82, 2.24) is 20.1 Å². The van der Waals surface area contributed by atoms with Crippen molar-refractivity contribution in [2.24, 2.45) is 0 Å². The fraction of sp³-hybridized carbons (Fsp3) is 0.484. The number of rotatable bonds is 10. The third kappa shape index (κ3) is 8.66.